The van der Waals surface area contributed by atoms with E-state index in [0.29, 0.717) is 39.1 Å². The summed E-state index contributed by atoms with van der Waals surface area (Å²) >= 11 is 13.6. The number of hydrogen-bond acceptors (Lipinski definition) is 4. The van der Waals surface area contributed by atoms with Crippen molar-refractivity contribution in [2.75, 3.05) is 0 Å². The fourth-order valence-electron chi connectivity index (χ4n) is 2.59. The molecule has 28 heavy (non-hydrogen) atoms. The van der Waals surface area contributed by atoms with Crippen molar-refractivity contribution in [2.24, 2.45) is 0 Å². The van der Waals surface area contributed by atoms with Crippen LogP contribution >= 0.6 is 35.0 Å². The molecule has 0 aliphatic heterocycles. The molecule has 0 saturated heterocycles. The van der Waals surface area contributed by atoms with Crippen LogP contribution in [0.25, 0.3) is 0 Å². The second-order valence-corrected chi connectivity index (χ2v) is 7.77. The maximum Gasteiger partial charge on any atom is 0.191 e. The van der Waals surface area contributed by atoms with Gasteiger partial charge in [-0.2, -0.15) is 0 Å². The van der Waals surface area contributed by atoms with Crippen LogP contribution in [0, 0.1) is 5.82 Å². The Balaban J connectivity index is 1.77. The van der Waals surface area contributed by atoms with Gasteiger partial charge in [-0.25, -0.2) is 4.39 Å². The van der Waals surface area contributed by atoms with Gasteiger partial charge in [0.1, 0.15) is 11.6 Å². The summed E-state index contributed by atoms with van der Waals surface area (Å²) in [4.78, 5) is 0. The van der Waals surface area contributed by atoms with E-state index < -0.39 is 0 Å². The van der Waals surface area contributed by atoms with Crippen LogP contribution in [0.2, 0.25) is 10.0 Å². The molecule has 0 spiro atoms. The lowest BCUT2D eigenvalue weighted by Gasteiger charge is -2.16. The SMILES string of the molecule is C=CCn1c(SCc2ccc(F)cc2Cl)nnc1C(C)Oc1cccc(Cl)c1. The van der Waals surface area contributed by atoms with E-state index in [0.717, 1.165) is 5.56 Å². The molecule has 0 fully saturated rings. The van der Waals surface area contributed by atoms with Gasteiger partial charge < -0.3 is 4.74 Å². The molecule has 146 valence electrons. The normalized spacial score (nSPS) is 12.0. The van der Waals surface area contributed by atoms with Crippen molar-refractivity contribution in [3.05, 3.63) is 82.4 Å². The summed E-state index contributed by atoms with van der Waals surface area (Å²) in [6, 6.07) is 11.6. The van der Waals surface area contributed by atoms with Gasteiger partial charge in [-0.1, -0.05) is 53.2 Å². The third kappa shape index (κ3) is 5.07. The van der Waals surface area contributed by atoms with Crippen LogP contribution in [0.15, 0.2) is 60.3 Å². The Morgan fingerprint density at radius 1 is 1.25 bits per heavy atom. The van der Waals surface area contributed by atoms with E-state index in [4.69, 9.17) is 27.9 Å². The van der Waals surface area contributed by atoms with Crippen LogP contribution in [-0.2, 0) is 12.3 Å². The Morgan fingerprint density at radius 2 is 2.07 bits per heavy atom. The smallest absolute Gasteiger partial charge is 0.191 e. The Hall–Kier alpha value is -2.02. The molecule has 3 aromatic rings. The number of allylic oxidation sites excluding steroid dienone is 1. The predicted octanol–water partition coefficient (Wildman–Crippen LogP) is 6.34. The molecular formula is C20H18Cl2FN3OS. The Bertz CT molecular complexity index is 980. The summed E-state index contributed by atoms with van der Waals surface area (Å²) in [6.07, 6.45) is 1.43. The van der Waals surface area contributed by atoms with Crippen LogP contribution in [0.3, 0.4) is 0 Å². The van der Waals surface area contributed by atoms with Gasteiger partial charge >= 0.3 is 0 Å². The second-order valence-electron chi connectivity index (χ2n) is 5.98. The summed E-state index contributed by atoms with van der Waals surface area (Å²) in [5.41, 5.74) is 0.825. The van der Waals surface area contributed by atoms with Crippen LogP contribution < -0.4 is 4.74 Å². The number of thioether (sulfide) groups is 1. The first-order valence-corrected chi connectivity index (χ1v) is 10.2. The fourth-order valence-corrected chi connectivity index (χ4v) is 4.04. The molecule has 8 heteroatoms. The number of nitrogens with zero attached hydrogens (tertiary/aromatic N) is 3. The van der Waals surface area contributed by atoms with Crippen LogP contribution in [0.1, 0.15) is 24.4 Å². The molecule has 0 aliphatic carbocycles. The largest absolute Gasteiger partial charge is 0.483 e. The molecule has 0 amide bonds. The summed E-state index contributed by atoms with van der Waals surface area (Å²) in [5, 5.41) is 10.3. The van der Waals surface area contributed by atoms with Gasteiger partial charge in [-0.05, 0) is 42.8 Å². The first-order chi connectivity index (χ1) is 13.5. The molecule has 0 aliphatic rings. The average molecular weight is 438 g/mol. The molecule has 3 rings (SSSR count). The van der Waals surface area contributed by atoms with Crippen molar-refractivity contribution in [1.82, 2.24) is 14.8 Å². The van der Waals surface area contributed by atoms with Crippen LogP contribution in [-0.4, -0.2) is 14.8 Å². The standard InChI is InChI=1S/C20H18Cl2FN3OS/c1-3-9-26-19(13(2)27-17-6-4-5-15(21)10-17)24-25-20(26)28-12-14-7-8-16(23)11-18(14)22/h3-8,10-11,13H,1,9,12H2,2H3. The molecule has 0 bridgehead atoms. The molecule has 4 nitrogen and oxygen atoms in total. The number of rotatable bonds is 8. The highest BCUT2D eigenvalue weighted by molar-refractivity contribution is 7.98. The monoisotopic (exact) mass is 437 g/mol. The van der Waals surface area contributed by atoms with E-state index >= 15 is 0 Å². The Kier molecular flexibility index (Phi) is 6.99. The summed E-state index contributed by atoms with van der Waals surface area (Å²) in [6.45, 7) is 6.24. The number of benzene rings is 2. The number of ether oxygens (including phenoxy) is 1. The van der Waals surface area contributed by atoms with Gasteiger partial charge in [0.15, 0.2) is 17.1 Å². The van der Waals surface area contributed by atoms with Gasteiger partial charge in [-0.3, -0.25) is 4.57 Å². The zero-order chi connectivity index (χ0) is 20.1. The van der Waals surface area contributed by atoms with Crippen molar-refractivity contribution in [3.8, 4) is 5.75 Å². The van der Waals surface area contributed by atoms with E-state index in [-0.39, 0.29) is 11.9 Å². The average Bonchev–Trinajstić information content (AvgIpc) is 3.04. The maximum absolute atomic E-state index is 13.2. The molecular weight excluding hydrogens is 420 g/mol. The minimum Gasteiger partial charge on any atom is -0.483 e. The van der Waals surface area contributed by atoms with E-state index in [1.807, 2.05) is 23.6 Å². The van der Waals surface area contributed by atoms with Gasteiger partial charge in [0.2, 0.25) is 0 Å². The zero-order valence-electron chi connectivity index (χ0n) is 15.1. The van der Waals surface area contributed by atoms with Crippen molar-refractivity contribution in [3.63, 3.8) is 0 Å². The van der Waals surface area contributed by atoms with Crippen molar-refractivity contribution in [1.29, 1.82) is 0 Å². The number of halogens is 3. The van der Waals surface area contributed by atoms with E-state index in [9.17, 15) is 4.39 Å². The minimum atomic E-state index is -0.358. The Labute approximate surface area is 177 Å². The second kappa shape index (κ2) is 9.45. The van der Waals surface area contributed by atoms with Crippen LogP contribution in [0.4, 0.5) is 4.39 Å². The lowest BCUT2D eigenvalue weighted by Crippen LogP contribution is -2.12. The van der Waals surface area contributed by atoms with E-state index in [1.165, 1.54) is 23.9 Å². The first-order valence-electron chi connectivity index (χ1n) is 8.51. The van der Waals surface area contributed by atoms with E-state index in [2.05, 4.69) is 16.8 Å². The molecule has 0 N–H and O–H groups in total. The van der Waals surface area contributed by atoms with Crippen molar-refractivity contribution < 1.29 is 9.13 Å². The highest BCUT2D eigenvalue weighted by Crippen LogP contribution is 2.29. The van der Waals surface area contributed by atoms with Crippen molar-refractivity contribution >= 4 is 35.0 Å². The number of aromatic nitrogens is 3. The van der Waals surface area contributed by atoms with Gasteiger partial charge in [0.05, 0.1) is 0 Å². The lowest BCUT2D eigenvalue weighted by molar-refractivity contribution is 0.210. The molecule has 0 saturated carbocycles. The highest BCUT2D eigenvalue weighted by Gasteiger charge is 2.19. The molecule has 0 radical (unpaired) electrons. The summed E-state index contributed by atoms with van der Waals surface area (Å²) < 4.78 is 21.1. The van der Waals surface area contributed by atoms with E-state index in [1.54, 1.807) is 24.3 Å². The summed E-state index contributed by atoms with van der Waals surface area (Å²) in [5.74, 6) is 1.51. The lowest BCUT2D eigenvalue weighted by atomic mass is 10.2. The molecule has 1 unspecified atom stereocenters. The maximum atomic E-state index is 13.2. The molecule has 1 heterocycles. The first kappa shape index (κ1) is 20.7. The zero-order valence-corrected chi connectivity index (χ0v) is 17.4. The van der Waals surface area contributed by atoms with Gasteiger partial charge in [0.25, 0.3) is 0 Å². The van der Waals surface area contributed by atoms with Crippen molar-refractivity contribution in [2.45, 2.75) is 30.5 Å². The molecule has 1 aromatic heterocycles. The quantitative estimate of drug-likeness (QED) is 0.304. The third-order valence-corrected chi connectivity index (χ3v) is 5.50. The molecule has 2 aromatic carbocycles. The fraction of sp³-hybridized carbons (Fsp3) is 0.200. The third-order valence-electron chi connectivity index (χ3n) is 3.90. The topological polar surface area (TPSA) is 39.9 Å². The van der Waals surface area contributed by atoms with Gasteiger partial charge in [-0.15, -0.1) is 16.8 Å². The van der Waals surface area contributed by atoms with Crippen LogP contribution in [0.5, 0.6) is 5.75 Å². The summed E-state index contributed by atoms with van der Waals surface area (Å²) in [7, 11) is 0. The molecule has 1 atom stereocenters. The number of hydrogen-bond donors (Lipinski definition) is 0. The Morgan fingerprint density at radius 3 is 2.79 bits per heavy atom. The minimum absolute atomic E-state index is 0.338. The predicted molar refractivity (Wildman–Crippen MR) is 112 cm³/mol. The highest BCUT2D eigenvalue weighted by atomic mass is 35.5. The van der Waals surface area contributed by atoms with Gasteiger partial charge in [0, 0.05) is 22.3 Å².